The minimum Gasteiger partial charge on any atom is -0.449 e. The van der Waals surface area contributed by atoms with Crippen molar-refractivity contribution in [3.63, 3.8) is 0 Å². The summed E-state index contributed by atoms with van der Waals surface area (Å²) < 4.78 is 4.90. The summed E-state index contributed by atoms with van der Waals surface area (Å²) in [5.41, 5.74) is 0.436. The molecule has 19 heavy (non-hydrogen) atoms. The number of amides is 2. The van der Waals surface area contributed by atoms with E-state index in [1.807, 2.05) is 0 Å². The van der Waals surface area contributed by atoms with E-state index in [2.05, 4.69) is 5.32 Å². The zero-order chi connectivity index (χ0) is 13.7. The summed E-state index contributed by atoms with van der Waals surface area (Å²) in [5.74, 6) is -0.240. The highest BCUT2D eigenvalue weighted by molar-refractivity contribution is 6.33. The molecule has 2 rings (SSSR count). The molecule has 5 nitrogen and oxygen atoms in total. The highest BCUT2D eigenvalue weighted by atomic mass is 35.5. The van der Waals surface area contributed by atoms with Gasteiger partial charge in [0.2, 0.25) is 0 Å². The van der Waals surface area contributed by atoms with E-state index in [1.165, 1.54) is 0 Å². The Morgan fingerprint density at radius 2 is 2.21 bits per heavy atom. The van der Waals surface area contributed by atoms with Crippen LogP contribution in [0.4, 0.5) is 4.79 Å². The first-order chi connectivity index (χ1) is 9.18. The zero-order valence-electron chi connectivity index (χ0n) is 10.4. The van der Waals surface area contributed by atoms with Crippen molar-refractivity contribution in [3.8, 4) is 0 Å². The van der Waals surface area contributed by atoms with E-state index < -0.39 is 0 Å². The van der Waals surface area contributed by atoms with Crippen molar-refractivity contribution in [2.75, 3.05) is 26.2 Å². The Kier molecular flexibility index (Phi) is 4.63. The number of hydrogen-bond acceptors (Lipinski definition) is 3. The molecule has 0 aromatic heterocycles. The summed E-state index contributed by atoms with van der Waals surface area (Å²) in [7, 11) is 0. The molecule has 0 unspecified atom stereocenters. The lowest BCUT2D eigenvalue weighted by molar-refractivity contribution is 0.0719. The maximum atomic E-state index is 11.9. The second-order valence-corrected chi connectivity index (χ2v) is 4.60. The Labute approximate surface area is 116 Å². The van der Waals surface area contributed by atoms with E-state index in [1.54, 1.807) is 29.2 Å². The van der Waals surface area contributed by atoms with Gasteiger partial charge in [-0.05, 0) is 18.6 Å². The summed E-state index contributed by atoms with van der Waals surface area (Å²) in [6.45, 7) is 1.95. The van der Waals surface area contributed by atoms with Gasteiger partial charge < -0.3 is 15.0 Å². The number of cyclic esters (lactones) is 1. The third-order valence-corrected chi connectivity index (χ3v) is 3.17. The fourth-order valence-electron chi connectivity index (χ4n) is 1.85. The number of carbonyl (C=O) groups excluding carboxylic acids is 2. The van der Waals surface area contributed by atoms with Crippen LogP contribution in [-0.4, -0.2) is 43.1 Å². The predicted molar refractivity (Wildman–Crippen MR) is 71.3 cm³/mol. The lowest BCUT2D eigenvalue weighted by Crippen LogP contribution is -2.42. The van der Waals surface area contributed by atoms with Crippen LogP contribution in [0.3, 0.4) is 0 Å². The number of hydrogen-bond donors (Lipinski definition) is 1. The molecule has 1 aliphatic heterocycles. The summed E-state index contributed by atoms with van der Waals surface area (Å²) in [4.78, 5) is 24.8. The summed E-state index contributed by atoms with van der Waals surface area (Å²) >= 11 is 5.92. The molecule has 0 aliphatic carbocycles. The quantitative estimate of drug-likeness (QED) is 0.918. The van der Waals surface area contributed by atoms with E-state index in [0.29, 0.717) is 36.8 Å². The lowest BCUT2D eigenvalue weighted by Gasteiger charge is -2.26. The number of carbonyl (C=O) groups is 2. The first kappa shape index (κ1) is 13.7. The summed E-state index contributed by atoms with van der Waals surface area (Å²) in [5, 5.41) is 3.15. The molecule has 1 aromatic rings. The molecule has 6 heteroatoms. The van der Waals surface area contributed by atoms with Gasteiger partial charge in [-0.1, -0.05) is 23.7 Å². The van der Waals surface area contributed by atoms with Crippen LogP contribution in [0.5, 0.6) is 0 Å². The molecule has 2 amide bonds. The van der Waals surface area contributed by atoms with Gasteiger partial charge in [0.1, 0.15) is 0 Å². The largest absolute Gasteiger partial charge is 0.449 e. The van der Waals surface area contributed by atoms with E-state index >= 15 is 0 Å². The van der Waals surface area contributed by atoms with E-state index in [0.717, 1.165) is 6.42 Å². The van der Waals surface area contributed by atoms with Gasteiger partial charge >= 0.3 is 6.09 Å². The first-order valence-electron chi connectivity index (χ1n) is 6.13. The molecular formula is C13H15ClN2O3. The molecule has 1 N–H and O–H groups in total. The van der Waals surface area contributed by atoms with Crippen LogP contribution < -0.4 is 5.32 Å². The monoisotopic (exact) mass is 282 g/mol. The average molecular weight is 283 g/mol. The van der Waals surface area contributed by atoms with Gasteiger partial charge in [-0.15, -0.1) is 0 Å². The average Bonchev–Trinajstić information content (AvgIpc) is 2.41. The summed E-state index contributed by atoms with van der Waals surface area (Å²) in [6, 6.07) is 6.84. The number of benzene rings is 1. The third-order valence-electron chi connectivity index (χ3n) is 2.84. The molecule has 1 aromatic carbocycles. The van der Waals surface area contributed by atoms with Gasteiger partial charge in [-0.25, -0.2) is 4.79 Å². The van der Waals surface area contributed by atoms with Gasteiger partial charge in [0.05, 0.1) is 17.2 Å². The summed E-state index contributed by atoms with van der Waals surface area (Å²) in [6.07, 6.45) is 0.503. The number of nitrogens with zero attached hydrogens (tertiary/aromatic N) is 1. The molecule has 0 bridgehead atoms. The first-order valence-corrected chi connectivity index (χ1v) is 6.50. The van der Waals surface area contributed by atoms with Gasteiger partial charge in [0.25, 0.3) is 5.91 Å². The molecule has 0 spiro atoms. The molecule has 0 radical (unpaired) electrons. The third kappa shape index (κ3) is 3.61. The Bertz CT molecular complexity index is 479. The SMILES string of the molecule is O=C(NCCN1CCCOC1=O)c1ccccc1Cl. The highest BCUT2D eigenvalue weighted by Gasteiger charge is 2.19. The second kappa shape index (κ2) is 6.43. The van der Waals surface area contributed by atoms with Crippen LogP contribution in [0.25, 0.3) is 0 Å². The van der Waals surface area contributed by atoms with Crippen molar-refractivity contribution in [2.45, 2.75) is 6.42 Å². The van der Waals surface area contributed by atoms with Crippen LogP contribution in [0.15, 0.2) is 24.3 Å². The molecule has 1 fully saturated rings. The molecule has 1 saturated heterocycles. The molecule has 102 valence electrons. The fraction of sp³-hybridized carbons (Fsp3) is 0.385. The number of halogens is 1. The molecular weight excluding hydrogens is 268 g/mol. The maximum absolute atomic E-state index is 11.9. The predicted octanol–water partition coefficient (Wildman–Crippen LogP) is 1.91. The maximum Gasteiger partial charge on any atom is 0.409 e. The standard InChI is InChI=1S/C13H15ClN2O3/c14-11-5-2-1-4-10(11)12(17)15-6-8-16-7-3-9-19-13(16)18/h1-2,4-5H,3,6-9H2,(H,15,17). The number of ether oxygens (including phenoxy) is 1. The molecule has 0 saturated carbocycles. The van der Waals surface area contributed by atoms with Crippen molar-refractivity contribution in [1.82, 2.24) is 10.2 Å². The van der Waals surface area contributed by atoms with Gasteiger partial charge in [-0.3, -0.25) is 4.79 Å². The number of rotatable bonds is 4. The highest BCUT2D eigenvalue weighted by Crippen LogP contribution is 2.14. The van der Waals surface area contributed by atoms with Crippen LogP contribution in [0.1, 0.15) is 16.8 Å². The second-order valence-electron chi connectivity index (χ2n) is 4.19. The smallest absolute Gasteiger partial charge is 0.409 e. The van der Waals surface area contributed by atoms with Crippen LogP contribution in [-0.2, 0) is 4.74 Å². The molecule has 1 aliphatic rings. The Morgan fingerprint density at radius 1 is 1.42 bits per heavy atom. The van der Waals surface area contributed by atoms with E-state index in [-0.39, 0.29) is 12.0 Å². The number of nitrogens with one attached hydrogen (secondary N) is 1. The van der Waals surface area contributed by atoms with Crippen molar-refractivity contribution in [3.05, 3.63) is 34.9 Å². The Hall–Kier alpha value is -1.75. The van der Waals surface area contributed by atoms with Crippen LogP contribution >= 0.6 is 11.6 Å². The van der Waals surface area contributed by atoms with E-state index in [4.69, 9.17) is 16.3 Å². The van der Waals surface area contributed by atoms with Crippen LogP contribution in [0.2, 0.25) is 5.02 Å². The van der Waals surface area contributed by atoms with Gasteiger partial charge in [-0.2, -0.15) is 0 Å². The Balaban J connectivity index is 1.81. The zero-order valence-corrected chi connectivity index (χ0v) is 11.2. The van der Waals surface area contributed by atoms with Crippen molar-refractivity contribution in [1.29, 1.82) is 0 Å². The van der Waals surface area contributed by atoms with Crippen molar-refractivity contribution >= 4 is 23.6 Å². The molecule has 1 heterocycles. The van der Waals surface area contributed by atoms with Gasteiger partial charge in [0, 0.05) is 19.6 Å². The normalized spacial score (nSPS) is 15.0. The molecule has 0 atom stereocenters. The Morgan fingerprint density at radius 3 is 2.95 bits per heavy atom. The van der Waals surface area contributed by atoms with Crippen molar-refractivity contribution in [2.24, 2.45) is 0 Å². The van der Waals surface area contributed by atoms with Crippen molar-refractivity contribution < 1.29 is 14.3 Å². The minimum absolute atomic E-state index is 0.240. The van der Waals surface area contributed by atoms with E-state index in [9.17, 15) is 9.59 Å². The fourth-order valence-corrected chi connectivity index (χ4v) is 2.07. The van der Waals surface area contributed by atoms with Gasteiger partial charge in [0.15, 0.2) is 0 Å². The topological polar surface area (TPSA) is 58.6 Å². The minimum atomic E-state index is -0.321. The lowest BCUT2D eigenvalue weighted by atomic mass is 10.2. The van der Waals surface area contributed by atoms with Crippen LogP contribution in [0, 0.1) is 0 Å².